The zero-order valence-electron chi connectivity index (χ0n) is 43.0. The predicted octanol–water partition coefficient (Wildman–Crippen LogP) is 8.36. The van der Waals surface area contributed by atoms with Crippen LogP contribution in [0.25, 0.3) is 11.2 Å². The lowest BCUT2D eigenvalue weighted by Gasteiger charge is -2.39. The molecule has 2 aromatic heterocycles. The van der Waals surface area contributed by atoms with Crippen LogP contribution in [-0.2, 0) is 43.1 Å². The fraction of sp³-hybridized carbons (Fsp3) is 0.407. The maximum Gasteiger partial charge on any atom is 0.280 e. The van der Waals surface area contributed by atoms with E-state index in [1.54, 1.807) is 45.4 Å². The molecule has 0 saturated carbocycles. The Morgan fingerprint density at radius 2 is 1.47 bits per heavy atom. The lowest BCUT2D eigenvalue weighted by Crippen LogP contribution is -2.43. The minimum atomic E-state index is -1.96. The molecule has 7 rings (SSSR count). The number of amides is 1. The average molecular weight is 1050 g/mol. The second kappa shape index (κ2) is 27.1. The van der Waals surface area contributed by atoms with E-state index in [0.717, 1.165) is 16.7 Å². The molecular weight excluding hydrogens is 984 g/mol. The van der Waals surface area contributed by atoms with Crippen molar-refractivity contribution in [2.24, 2.45) is 0 Å². The predicted molar refractivity (Wildman–Crippen MR) is 277 cm³/mol. The minimum Gasteiger partial charge on any atom is -0.497 e. The number of para-hydroxylation sites is 1. The number of nitrogens with zero attached hydrogens (tertiary/aromatic N) is 6. The smallest absolute Gasteiger partial charge is 0.280 e. The number of hydrogen-bond donors (Lipinski definition) is 2. The molecule has 1 fully saturated rings. The SMILES string of the molecule is COc1ccc(C(OC[C@H]2O[C@@H](n3cnc4c(=O)[nH]c(NC(=O)COc5ccccc5)nc43)[C@H](OCOCOC(C)CC#N)[C@@H]2OP(OCCC#N)N(C(C)C)C(C)C)(c2ccccc2)c2ccc(OC)cc2)cc1. The molecule has 2 N–H and O–H groups in total. The van der Waals surface area contributed by atoms with Crippen molar-refractivity contribution in [3.8, 4) is 29.4 Å². The number of hydrogen-bond acceptors (Lipinski definition) is 17. The number of rotatable bonds is 28. The molecule has 0 spiro atoms. The first-order valence-electron chi connectivity index (χ1n) is 24.4. The first kappa shape index (κ1) is 55.9. The standard InChI is InChI=1S/C54H63N8O12P/c1-36(2)62(37(3)4)75(72-30-14-28-55)74-48-45(31-71-54(39-15-10-8-11-16-39,40-19-23-42(65-6)24-20-40)41-21-25-43(66-7)26-22-41)73-52(49(48)70-35-67-34-69-38(5)27-29-56)61-33-57-47-50(61)59-53(60-51(47)64)58-46(63)32-68-44-17-12-9-13-18-44/h8-13,15-26,33,36-38,45,48-49,52H,14,27,30-32,34-35H2,1-7H3,(H2,58,59,60,63,64)/t38?,45-,48-,49-,52-,75?/m1/s1. The Bertz CT molecular complexity index is 2820. The normalized spacial score (nSPS) is 17.4. The fourth-order valence-electron chi connectivity index (χ4n) is 8.57. The molecule has 1 saturated heterocycles. The summed E-state index contributed by atoms with van der Waals surface area (Å²) in [5, 5.41) is 21.5. The van der Waals surface area contributed by atoms with Crippen LogP contribution in [0, 0.1) is 22.7 Å². The number of ether oxygens (including phenoxy) is 8. The Hall–Kier alpha value is -6.81. The van der Waals surface area contributed by atoms with Crippen molar-refractivity contribution < 1.29 is 51.7 Å². The van der Waals surface area contributed by atoms with Gasteiger partial charge in [0.2, 0.25) is 5.95 Å². The Balaban J connectivity index is 1.35. The third-order valence-electron chi connectivity index (χ3n) is 12.0. The third-order valence-corrected chi connectivity index (χ3v) is 14.2. The zero-order valence-corrected chi connectivity index (χ0v) is 43.9. The van der Waals surface area contributed by atoms with E-state index in [-0.39, 0.29) is 75.4 Å². The van der Waals surface area contributed by atoms with E-state index in [1.165, 1.54) is 10.9 Å². The molecule has 396 valence electrons. The highest BCUT2D eigenvalue weighted by Gasteiger charge is 2.52. The van der Waals surface area contributed by atoms with Crippen molar-refractivity contribution in [1.82, 2.24) is 24.2 Å². The molecule has 1 aliphatic rings. The first-order valence-corrected chi connectivity index (χ1v) is 25.5. The number of nitriles is 2. The van der Waals surface area contributed by atoms with Crippen molar-refractivity contribution >= 4 is 31.5 Å². The summed E-state index contributed by atoms with van der Waals surface area (Å²) in [4.78, 5) is 38.7. The molecule has 20 nitrogen and oxygen atoms in total. The van der Waals surface area contributed by atoms with Gasteiger partial charge < -0.3 is 46.9 Å². The topological polar surface area (TPSA) is 236 Å². The molecule has 0 radical (unpaired) electrons. The minimum absolute atomic E-state index is 0.0418. The van der Waals surface area contributed by atoms with Gasteiger partial charge in [0.25, 0.3) is 20.0 Å². The molecule has 6 atom stereocenters. The summed E-state index contributed by atoms with van der Waals surface area (Å²) in [5.74, 6) is 1.01. The number of aromatic nitrogens is 4. The molecule has 0 bridgehead atoms. The lowest BCUT2D eigenvalue weighted by molar-refractivity contribution is -0.181. The van der Waals surface area contributed by atoms with Crippen molar-refractivity contribution in [2.45, 2.75) is 95.8 Å². The van der Waals surface area contributed by atoms with Crippen LogP contribution in [0.4, 0.5) is 5.95 Å². The Labute approximate surface area is 437 Å². The van der Waals surface area contributed by atoms with E-state index in [0.29, 0.717) is 17.2 Å². The molecule has 6 aromatic rings. The molecule has 1 amide bonds. The number of nitrogens with one attached hydrogen (secondary N) is 2. The van der Waals surface area contributed by atoms with Gasteiger partial charge in [0.15, 0.2) is 24.0 Å². The second-order valence-electron chi connectivity index (χ2n) is 17.8. The quantitative estimate of drug-likeness (QED) is 0.0203. The zero-order chi connectivity index (χ0) is 53.3. The summed E-state index contributed by atoms with van der Waals surface area (Å²) >= 11 is 0. The van der Waals surface area contributed by atoms with Crippen LogP contribution >= 0.6 is 8.53 Å². The van der Waals surface area contributed by atoms with E-state index in [1.807, 2.05) is 113 Å². The van der Waals surface area contributed by atoms with E-state index in [9.17, 15) is 20.1 Å². The van der Waals surface area contributed by atoms with E-state index in [4.69, 9.17) is 46.9 Å². The Kier molecular flexibility index (Phi) is 20.2. The number of imidazole rings is 1. The molecule has 2 unspecified atom stereocenters. The largest absolute Gasteiger partial charge is 0.497 e. The molecule has 0 aliphatic carbocycles. The van der Waals surface area contributed by atoms with Gasteiger partial charge in [0.05, 0.1) is 64.8 Å². The number of H-pyrrole nitrogens is 1. The van der Waals surface area contributed by atoms with E-state index >= 15 is 0 Å². The molecule has 21 heteroatoms. The van der Waals surface area contributed by atoms with Gasteiger partial charge in [0, 0.05) is 12.1 Å². The van der Waals surface area contributed by atoms with Gasteiger partial charge in [-0.2, -0.15) is 15.5 Å². The molecule has 1 aliphatic heterocycles. The van der Waals surface area contributed by atoms with Gasteiger partial charge in [-0.25, -0.2) is 9.65 Å². The summed E-state index contributed by atoms with van der Waals surface area (Å²) in [6.45, 7) is 8.85. The average Bonchev–Trinajstić information content (AvgIpc) is 4.00. The van der Waals surface area contributed by atoms with Crippen LogP contribution in [0.3, 0.4) is 0 Å². The summed E-state index contributed by atoms with van der Waals surface area (Å²) < 4.78 is 67.0. The highest BCUT2D eigenvalue weighted by molar-refractivity contribution is 7.44. The van der Waals surface area contributed by atoms with Crippen LogP contribution in [0.5, 0.6) is 17.2 Å². The van der Waals surface area contributed by atoms with E-state index in [2.05, 4.69) is 37.1 Å². The maximum absolute atomic E-state index is 13.7. The Morgan fingerprint density at radius 1 is 0.840 bits per heavy atom. The van der Waals surface area contributed by atoms with Crippen LogP contribution in [-0.4, -0.2) is 114 Å². The van der Waals surface area contributed by atoms with Crippen molar-refractivity contribution in [2.75, 3.05) is 52.9 Å². The highest BCUT2D eigenvalue weighted by Crippen LogP contribution is 2.51. The first-order chi connectivity index (χ1) is 36.4. The number of methoxy groups -OCH3 is 2. The highest BCUT2D eigenvalue weighted by atomic mass is 31.2. The Morgan fingerprint density at radius 3 is 2.07 bits per heavy atom. The molecule has 3 heterocycles. The molecule has 4 aromatic carbocycles. The van der Waals surface area contributed by atoms with Crippen molar-refractivity contribution in [3.05, 3.63) is 143 Å². The number of fused-ring (bicyclic) bond motifs is 1. The second-order valence-corrected chi connectivity index (χ2v) is 19.2. The van der Waals surface area contributed by atoms with E-state index < -0.39 is 56.2 Å². The van der Waals surface area contributed by atoms with Crippen LogP contribution < -0.4 is 25.1 Å². The lowest BCUT2D eigenvalue weighted by atomic mass is 9.80. The summed E-state index contributed by atoms with van der Waals surface area (Å²) in [7, 11) is 1.25. The van der Waals surface area contributed by atoms with Gasteiger partial charge in [-0.1, -0.05) is 72.8 Å². The summed E-state index contributed by atoms with van der Waals surface area (Å²) in [6.07, 6.45) is -3.06. The monoisotopic (exact) mass is 1050 g/mol. The number of carbonyl (C=O) groups is 1. The molecule has 75 heavy (non-hydrogen) atoms. The van der Waals surface area contributed by atoms with Gasteiger partial charge in [0.1, 0.15) is 54.7 Å². The third kappa shape index (κ3) is 13.9. The number of anilines is 1. The number of aromatic amines is 1. The summed E-state index contributed by atoms with van der Waals surface area (Å²) in [6, 6.07) is 37.9. The van der Waals surface area contributed by atoms with Gasteiger partial charge in [-0.3, -0.25) is 24.5 Å². The summed E-state index contributed by atoms with van der Waals surface area (Å²) in [5.41, 5.74) is 0.364. The van der Waals surface area contributed by atoms with Gasteiger partial charge in [-0.15, -0.1) is 0 Å². The number of benzene rings is 4. The number of carbonyl (C=O) groups excluding carboxylic acids is 1. The van der Waals surface area contributed by atoms with Crippen molar-refractivity contribution in [3.63, 3.8) is 0 Å². The van der Waals surface area contributed by atoms with Crippen molar-refractivity contribution in [1.29, 1.82) is 10.5 Å². The molecular formula is C54H63N8O12P. The maximum atomic E-state index is 13.7. The van der Waals surface area contributed by atoms with Crippen LogP contribution in [0.15, 0.2) is 120 Å². The fourth-order valence-corrected chi connectivity index (χ4v) is 10.3. The van der Waals surface area contributed by atoms with Crippen LogP contribution in [0.2, 0.25) is 0 Å². The van der Waals surface area contributed by atoms with Crippen LogP contribution in [0.1, 0.15) is 70.4 Å². The van der Waals surface area contributed by atoms with Gasteiger partial charge >= 0.3 is 0 Å². The van der Waals surface area contributed by atoms with Gasteiger partial charge in [-0.05, 0) is 87.7 Å².